The van der Waals surface area contributed by atoms with Crippen LogP contribution in [0.25, 0.3) is 0 Å². The number of nitrogens with two attached hydrogens (primary N) is 2. The highest BCUT2D eigenvalue weighted by Gasteiger charge is 2.26. The lowest BCUT2D eigenvalue weighted by Crippen LogP contribution is -2.44. The van der Waals surface area contributed by atoms with Gasteiger partial charge in [0.25, 0.3) is 0 Å². The zero-order valence-corrected chi connectivity index (χ0v) is 11.4. The molecule has 5 N–H and O–H groups in total. The molecule has 0 bridgehead atoms. The van der Waals surface area contributed by atoms with Gasteiger partial charge in [-0.05, 0) is 33.6 Å². The number of hydrogen-bond donors (Lipinski definition) is 3. The minimum atomic E-state index is -1.16. The summed E-state index contributed by atoms with van der Waals surface area (Å²) in [5, 5.41) is 8.82. The molecule has 0 saturated carbocycles. The van der Waals surface area contributed by atoms with Crippen LogP contribution < -0.4 is 11.5 Å². The van der Waals surface area contributed by atoms with Gasteiger partial charge in [-0.1, -0.05) is 11.6 Å². The molecule has 0 amide bonds. The first-order valence-electron chi connectivity index (χ1n) is 5.20. The van der Waals surface area contributed by atoms with Gasteiger partial charge >= 0.3 is 5.97 Å². The molecule has 17 heavy (non-hydrogen) atoms. The average Bonchev–Trinajstić information content (AvgIpc) is 2.14. The van der Waals surface area contributed by atoms with Crippen molar-refractivity contribution in [3.05, 3.63) is 11.6 Å². The topological polar surface area (TPSA) is 102 Å². The number of aliphatic carboxylic acids is 1. The van der Waals surface area contributed by atoms with Gasteiger partial charge in [-0.2, -0.15) is 0 Å². The van der Waals surface area contributed by atoms with Crippen LogP contribution in [0.5, 0.6) is 0 Å². The largest absolute Gasteiger partial charge is 0.480 e. The second kappa shape index (κ2) is 8.08. The molecule has 6 heteroatoms. The summed E-state index contributed by atoms with van der Waals surface area (Å²) >= 11 is 0. The molecule has 0 saturated heterocycles. The van der Waals surface area contributed by atoms with E-state index < -0.39 is 11.5 Å². The summed E-state index contributed by atoms with van der Waals surface area (Å²) in [6, 6.07) is 0. The molecule has 100 valence electrons. The number of aliphatic imine (C=N–C) groups is 1. The zero-order chi connectivity index (χ0) is 12.8. The molecule has 0 aromatic rings. The van der Waals surface area contributed by atoms with Crippen molar-refractivity contribution in [2.45, 2.75) is 39.2 Å². The van der Waals surface area contributed by atoms with E-state index in [1.165, 1.54) is 6.92 Å². The van der Waals surface area contributed by atoms with Crippen LogP contribution >= 0.6 is 12.4 Å². The van der Waals surface area contributed by atoms with Gasteiger partial charge < -0.3 is 16.6 Å². The highest BCUT2D eigenvalue weighted by atomic mass is 35.5. The first-order valence-corrected chi connectivity index (χ1v) is 5.20. The molecular weight excluding hydrogens is 242 g/mol. The molecule has 0 aliphatic carbocycles. The van der Waals surface area contributed by atoms with Crippen molar-refractivity contribution in [3.63, 3.8) is 0 Å². The summed E-state index contributed by atoms with van der Waals surface area (Å²) in [6.07, 6.45) is 2.99. The van der Waals surface area contributed by atoms with Gasteiger partial charge in [0.1, 0.15) is 5.54 Å². The molecule has 5 nitrogen and oxygen atoms in total. The van der Waals surface area contributed by atoms with E-state index in [2.05, 4.69) is 4.99 Å². The number of hydrogen-bond acceptors (Lipinski definition) is 3. The van der Waals surface area contributed by atoms with Crippen LogP contribution in [-0.4, -0.2) is 29.0 Å². The fourth-order valence-electron chi connectivity index (χ4n) is 1.01. The van der Waals surface area contributed by atoms with Gasteiger partial charge in [-0.25, -0.2) is 0 Å². The second-order valence-corrected chi connectivity index (χ2v) is 4.26. The van der Waals surface area contributed by atoms with Crippen LogP contribution in [0.1, 0.15) is 33.6 Å². The second-order valence-electron chi connectivity index (χ2n) is 4.26. The van der Waals surface area contributed by atoms with E-state index in [0.29, 0.717) is 25.2 Å². The fourth-order valence-corrected chi connectivity index (χ4v) is 1.01. The molecule has 0 aromatic heterocycles. The maximum absolute atomic E-state index is 10.8. The molecule has 0 spiro atoms. The quantitative estimate of drug-likeness (QED) is 0.382. The number of carboxylic acids is 1. The molecular formula is C11H22ClN3O2. The van der Waals surface area contributed by atoms with Crippen LogP contribution in [0.2, 0.25) is 0 Å². The lowest BCUT2D eigenvalue weighted by Gasteiger charge is -2.18. The highest BCUT2D eigenvalue weighted by molar-refractivity contribution is 5.85. The Balaban J connectivity index is 0. The van der Waals surface area contributed by atoms with E-state index in [4.69, 9.17) is 16.6 Å². The van der Waals surface area contributed by atoms with Gasteiger partial charge in [0.2, 0.25) is 0 Å². The third-order valence-corrected chi connectivity index (χ3v) is 2.31. The Hall–Kier alpha value is -1.07. The molecule has 0 aliphatic heterocycles. The minimum Gasteiger partial charge on any atom is -0.480 e. The third-order valence-electron chi connectivity index (χ3n) is 2.31. The predicted octanol–water partition coefficient (Wildman–Crippen LogP) is 1.31. The van der Waals surface area contributed by atoms with Crippen molar-refractivity contribution in [3.8, 4) is 0 Å². The van der Waals surface area contributed by atoms with E-state index in [-0.39, 0.29) is 12.4 Å². The Morgan fingerprint density at radius 2 is 2.00 bits per heavy atom. The summed E-state index contributed by atoms with van der Waals surface area (Å²) in [5.74, 6) is -0.436. The lowest BCUT2D eigenvalue weighted by molar-refractivity contribution is -0.142. The molecule has 0 rings (SSSR count). The Morgan fingerprint density at radius 3 is 2.41 bits per heavy atom. The van der Waals surface area contributed by atoms with E-state index in [1.807, 2.05) is 13.0 Å². The summed E-state index contributed by atoms with van der Waals surface area (Å²) in [7, 11) is 0. The summed E-state index contributed by atoms with van der Waals surface area (Å²) < 4.78 is 0. The van der Waals surface area contributed by atoms with Gasteiger partial charge in [0.05, 0.1) is 12.4 Å². The van der Waals surface area contributed by atoms with Crippen LogP contribution in [0.4, 0.5) is 0 Å². The number of allylic oxidation sites excluding steroid dienone is 1. The third kappa shape index (κ3) is 8.71. The van der Waals surface area contributed by atoms with Crippen molar-refractivity contribution < 1.29 is 9.90 Å². The summed E-state index contributed by atoms with van der Waals surface area (Å²) in [6.45, 7) is 5.71. The Labute approximate surface area is 108 Å². The van der Waals surface area contributed by atoms with E-state index in [1.54, 1.807) is 6.92 Å². The number of carbonyl (C=O) groups is 1. The molecule has 1 atom stereocenters. The normalized spacial score (nSPS) is 16.0. The van der Waals surface area contributed by atoms with Gasteiger partial charge in [-0.3, -0.25) is 9.79 Å². The minimum absolute atomic E-state index is 0. The first kappa shape index (κ1) is 18.3. The summed E-state index contributed by atoms with van der Waals surface area (Å²) in [4.78, 5) is 14.8. The smallest absolute Gasteiger partial charge is 0.323 e. The number of carboxylic acid groups (broad SMARTS) is 1. The van der Waals surface area contributed by atoms with Crippen LogP contribution in [-0.2, 0) is 4.79 Å². The van der Waals surface area contributed by atoms with Crippen molar-refractivity contribution in [2.24, 2.45) is 16.5 Å². The van der Waals surface area contributed by atoms with Crippen LogP contribution in [0, 0.1) is 0 Å². The molecule has 0 fully saturated rings. The first-order chi connectivity index (χ1) is 7.25. The molecule has 0 heterocycles. The average molecular weight is 264 g/mol. The van der Waals surface area contributed by atoms with E-state index in [9.17, 15) is 4.79 Å². The fraction of sp³-hybridized carbons (Fsp3) is 0.636. The lowest BCUT2D eigenvalue weighted by atomic mass is 9.95. The molecule has 0 aliphatic rings. The van der Waals surface area contributed by atoms with E-state index >= 15 is 0 Å². The van der Waals surface area contributed by atoms with Crippen molar-refractivity contribution in [1.29, 1.82) is 0 Å². The van der Waals surface area contributed by atoms with Gasteiger partial charge in [0.15, 0.2) is 0 Å². The summed E-state index contributed by atoms with van der Waals surface area (Å²) in [5.41, 5.74) is 10.9. The van der Waals surface area contributed by atoms with Crippen LogP contribution in [0.15, 0.2) is 16.6 Å². The van der Waals surface area contributed by atoms with Crippen molar-refractivity contribution in [1.82, 2.24) is 0 Å². The number of amidine groups is 1. The number of rotatable bonds is 6. The van der Waals surface area contributed by atoms with E-state index in [0.717, 1.165) is 5.57 Å². The van der Waals surface area contributed by atoms with Gasteiger partial charge in [0, 0.05) is 0 Å². The Kier molecular flexibility index (Phi) is 8.70. The monoisotopic (exact) mass is 263 g/mol. The molecule has 0 unspecified atom stereocenters. The van der Waals surface area contributed by atoms with Crippen LogP contribution in [0.3, 0.4) is 0 Å². The molecule has 0 radical (unpaired) electrons. The molecule has 0 aromatic carbocycles. The Bertz CT molecular complexity index is 308. The van der Waals surface area contributed by atoms with Gasteiger partial charge in [-0.15, -0.1) is 12.4 Å². The number of nitrogens with zero attached hydrogens (tertiary/aromatic N) is 1. The van der Waals surface area contributed by atoms with Crippen molar-refractivity contribution in [2.75, 3.05) is 6.54 Å². The standard InChI is InChI=1S/C11H21N3O2.ClH/c1-8(5-7-14-9(2)12)4-6-11(3,13)10(15)16;/h5H,4,6-7,13H2,1-3H3,(H2,12,14)(H,15,16);1H/b8-5-;/t11-;/m0./s1. The predicted molar refractivity (Wildman–Crippen MR) is 72.6 cm³/mol. The maximum Gasteiger partial charge on any atom is 0.323 e. The van der Waals surface area contributed by atoms with Crippen molar-refractivity contribution >= 4 is 24.2 Å². The SMILES string of the molecule is CC(N)=NC/C=C(/C)CC[C@](C)(N)C(=O)O.Cl. The number of halogens is 1. The highest BCUT2D eigenvalue weighted by Crippen LogP contribution is 2.13. The zero-order valence-electron chi connectivity index (χ0n) is 10.6. The Morgan fingerprint density at radius 1 is 1.47 bits per heavy atom. The maximum atomic E-state index is 10.8.